The molecule has 0 aliphatic heterocycles. The minimum atomic E-state index is -0.465. The van der Waals surface area contributed by atoms with Gasteiger partial charge in [0.25, 0.3) is 11.8 Å². The van der Waals surface area contributed by atoms with Crippen LogP contribution >= 0.6 is 11.6 Å². The highest BCUT2D eigenvalue weighted by Gasteiger charge is 2.07. The molecule has 0 saturated heterocycles. The molecule has 0 heterocycles. The minimum absolute atomic E-state index is 0.220. The molecule has 6 heteroatoms. The Labute approximate surface area is 158 Å². The summed E-state index contributed by atoms with van der Waals surface area (Å²) in [7, 11) is 0. The van der Waals surface area contributed by atoms with Gasteiger partial charge in [-0.15, -0.1) is 0 Å². The molecule has 5 nitrogen and oxygen atoms in total. The van der Waals surface area contributed by atoms with Crippen molar-refractivity contribution in [3.05, 3.63) is 69.8 Å². The summed E-state index contributed by atoms with van der Waals surface area (Å²) in [6, 6.07) is 11.2. The summed E-state index contributed by atoms with van der Waals surface area (Å²) < 4.78 is 5.42. The van der Waals surface area contributed by atoms with Crippen molar-refractivity contribution in [2.45, 2.75) is 20.8 Å². The number of hydrogen-bond donors (Lipinski definition) is 2. The molecule has 0 aromatic heterocycles. The molecular formula is C20H21ClN2O3. The van der Waals surface area contributed by atoms with Crippen molar-refractivity contribution in [1.82, 2.24) is 10.9 Å². The van der Waals surface area contributed by atoms with Gasteiger partial charge in [0.05, 0.1) is 0 Å². The lowest BCUT2D eigenvalue weighted by Gasteiger charge is -2.10. The smallest absolute Gasteiger partial charge is 0.276 e. The van der Waals surface area contributed by atoms with Gasteiger partial charge in [-0.1, -0.05) is 41.4 Å². The molecule has 2 aromatic carbocycles. The molecule has 0 spiro atoms. The summed E-state index contributed by atoms with van der Waals surface area (Å²) in [6.07, 6.45) is 3.01. The number of benzene rings is 2. The van der Waals surface area contributed by atoms with E-state index in [1.165, 1.54) is 6.08 Å². The molecular weight excluding hydrogens is 352 g/mol. The number of carbonyl (C=O) groups is 2. The molecule has 0 unspecified atom stereocenters. The van der Waals surface area contributed by atoms with Gasteiger partial charge in [0.2, 0.25) is 0 Å². The molecule has 0 aliphatic carbocycles. The summed E-state index contributed by atoms with van der Waals surface area (Å²) in [5, 5.41) is 0.675. The number of amides is 2. The Bertz CT molecular complexity index is 806. The molecule has 2 amide bonds. The first-order valence-electron chi connectivity index (χ1n) is 8.08. The lowest BCUT2D eigenvalue weighted by molar-refractivity contribution is -0.128. The first-order valence-corrected chi connectivity index (χ1v) is 8.46. The Kier molecular flexibility index (Phi) is 6.81. The molecule has 0 fully saturated rings. The van der Waals surface area contributed by atoms with Crippen LogP contribution < -0.4 is 15.6 Å². The van der Waals surface area contributed by atoms with Gasteiger partial charge >= 0.3 is 0 Å². The van der Waals surface area contributed by atoms with Crippen molar-refractivity contribution >= 4 is 29.5 Å². The molecule has 2 N–H and O–H groups in total. The average Bonchev–Trinajstić information content (AvgIpc) is 2.62. The third-order valence-electron chi connectivity index (χ3n) is 3.61. The van der Waals surface area contributed by atoms with Crippen molar-refractivity contribution in [1.29, 1.82) is 0 Å². The predicted molar refractivity (Wildman–Crippen MR) is 103 cm³/mol. The van der Waals surface area contributed by atoms with Crippen LogP contribution in [-0.4, -0.2) is 18.4 Å². The zero-order valence-corrected chi connectivity index (χ0v) is 15.7. The van der Waals surface area contributed by atoms with E-state index in [1.54, 1.807) is 18.2 Å². The number of hydrazine groups is 1. The van der Waals surface area contributed by atoms with Gasteiger partial charge in [0.1, 0.15) is 5.75 Å². The topological polar surface area (TPSA) is 67.4 Å². The van der Waals surface area contributed by atoms with E-state index in [2.05, 4.69) is 10.9 Å². The maximum Gasteiger partial charge on any atom is 0.276 e. The third kappa shape index (κ3) is 5.93. The molecule has 0 aliphatic rings. The Morgan fingerprint density at radius 2 is 1.65 bits per heavy atom. The maximum atomic E-state index is 11.8. The lowest BCUT2D eigenvalue weighted by atomic mass is 10.1. The number of hydrogen-bond acceptors (Lipinski definition) is 3. The van der Waals surface area contributed by atoms with E-state index in [0.29, 0.717) is 10.8 Å². The first-order chi connectivity index (χ1) is 12.3. The van der Waals surface area contributed by atoms with Gasteiger partial charge in [-0.25, -0.2) is 0 Å². The largest absolute Gasteiger partial charge is 0.484 e. The van der Waals surface area contributed by atoms with E-state index in [-0.39, 0.29) is 6.61 Å². The monoisotopic (exact) mass is 372 g/mol. The van der Waals surface area contributed by atoms with Crippen LogP contribution in [0, 0.1) is 20.8 Å². The van der Waals surface area contributed by atoms with Gasteiger partial charge in [-0.05, 0) is 55.7 Å². The van der Waals surface area contributed by atoms with Crippen molar-refractivity contribution < 1.29 is 14.3 Å². The number of carbonyl (C=O) groups excluding carboxylic acids is 2. The van der Waals surface area contributed by atoms with E-state index >= 15 is 0 Å². The highest BCUT2D eigenvalue weighted by Crippen LogP contribution is 2.25. The average molecular weight is 373 g/mol. The highest BCUT2D eigenvalue weighted by atomic mass is 35.5. The molecule has 136 valence electrons. The van der Waals surface area contributed by atoms with Crippen LogP contribution in [-0.2, 0) is 9.59 Å². The van der Waals surface area contributed by atoms with Crippen LogP contribution in [0.5, 0.6) is 5.75 Å². The van der Waals surface area contributed by atoms with Crippen molar-refractivity contribution in [2.75, 3.05) is 6.61 Å². The second-order valence-corrected chi connectivity index (χ2v) is 6.32. The quantitative estimate of drug-likeness (QED) is 0.623. The van der Waals surface area contributed by atoms with Gasteiger partial charge in [-0.3, -0.25) is 20.4 Å². The van der Waals surface area contributed by atoms with E-state index in [1.807, 2.05) is 45.0 Å². The fourth-order valence-corrected chi connectivity index (χ4v) is 2.31. The fraction of sp³-hybridized carbons (Fsp3) is 0.200. The van der Waals surface area contributed by atoms with E-state index in [0.717, 1.165) is 22.3 Å². The summed E-state index contributed by atoms with van der Waals surface area (Å²) >= 11 is 6.09. The highest BCUT2D eigenvalue weighted by molar-refractivity contribution is 6.32. The van der Waals surface area contributed by atoms with E-state index in [9.17, 15) is 9.59 Å². The molecule has 2 aromatic rings. The molecule has 0 atom stereocenters. The summed E-state index contributed by atoms with van der Waals surface area (Å²) in [4.78, 5) is 23.5. The second kappa shape index (κ2) is 9.06. The van der Waals surface area contributed by atoms with Gasteiger partial charge in [-0.2, -0.15) is 0 Å². The van der Waals surface area contributed by atoms with Crippen LogP contribution in [0.15, 0.2) is 42.5 Å². The number of rotatable bonds is 5. The van der Waals surface area contributed by atoms with Crippen LogP contribution in [0.1, 0.15) is 22.3 Å². The predicted octanol–water partition coefficient (Wildman–Crippen LogP) is 3.50. The molecule has 0 radical (unpaired) electrons. The Morgan fingerprint density at radius 3 is 2.27 bits per heavy atom. The van der Waals surface area contributed by atoms with Crippen molar-refractivity contribution in [3.8, 4) is 5.75 Å². The number of nitrogens with one attached hydrogen (secondary N) is 2. The van der Waals surface area contributed by atoms with E-state index < -0.39 is 11.8 Å². The van der Waals surface area contributed by atoms with Crippen LogP contribution in [0.2, 0.25) is 5.02 Å². The number of halogens is 1. The fourth-order valence-electron chi connectivity index (χ4n) is 2.20. The Morgan fingerprint density at radius 1 is 1.04 bits per heavy atom. The zero-order chi connectivity index (χ0) is 19.1. The summed E-state index contributed by atoms with van der Waals surface area (Å²) in [5.41, 5.74) is 8.39. The zero-order valence-electron chi connectivity index (χ0n) is 14.9. The molecule has 0 saturated carbocycles. The number of ether oxygens (including phenoxy) is 1. The molecule has 2 rings (SSSR count). The van der Waals surface area contributed by atoms with E-state index in [4.69, 9.17) is 16.3 Å². The molecule has 0 bridgehead atoms. The lowest BCUT2D eigenvalue weighted by Crippen LogP contribution is -2.43. The third-order valence-corrected chi connectivity index (χ3v) is 4.21. The first kappa shape index (κ1) is 19.5. The van der Waals surface area contributed by atoms with Crippen molar-refractivity contribution in [2.24, 2.45) is 0 Å². The van der Waals surface area contributed by atoms with Gasteiger partial charge in [0, 0.05) is 11.1 Å². The maximum absolute atomic E-state index is 11.8. The minimum Gasteiger partial charge on any atom is -0.484 e. The SMILES string of the molecule is Cc1ccc(/C=C/C(=O)NNC(=O)COc2cc(C)c(Cl)c(C)c2)cc1. The molecule has 26 heavy (non-hydrogen) atoms. The van der Waals surface area contributed by atoms with Gasteiger partial charge < -0.3 is 4.74 Å². The Balaban J connectivity index is 1.77. The van der Waals surface area contributed by atoms with Crippen molar-refractivity contribution in [3.63, 3.8) is 0 Å². The van der Waals surface area contributed by atoms with Crippen LogP contribution in [0.4, 0.5) is 0 Å². The number of aryl methyl sites for hydroxylation is 3. The Hall–Kier alpha value is -2.79. The van der Waals surface area contributed by atoms with Gasteiger partial charge in [0.15, 0.2) is 6.61 Å². The second-order valence-electron chi connectivity index (χ2n) is 5.94. The summed E-state index contributed by atoms with van der Waals surface area (Å²) in [6.45, 7) is 5.50. The normalized spacial score (nSPS) is 10.6. The standard InChI is InChI=1S/C20H21ClN2O3/c1-13-4-6-16(7-5-13)8-9-18(24)22-23-19(25)12-26-17-10-14(2)20(21)15(3)11-17/h4-11H,12H2,1-3H3,(H,22,24)(H,23,25)/b9-8+. The van der Waals surface area contributed by atoms with Crippen LogP contribution in [0.25, 0.3) is 6.08 Å². The summed E-state index contributed by atoms with van der Waals surface area (Å²) in [5.74, 6) is -0.352. The van der Waals surface area contributed by atoms with Crippen LogP contribution in [0.3, 0.4) is 0 Å².